The van der Waals surface area contributed by atoms with Crippen LogP contribution in [0.4, 0.5) is 0 Å². The molecule has 4 rings (SSSR count). The summed E-state index contributed by atoms with van der Waals surface area (Å²) in [5, 5.41) is 4.19. The average molecular weight is 349 g/mol. The summed E-state index contributed by atoms with van der Waals surface area (Å²) in [5.41, 5.74) is 8.91. The predicted octanol–water partition coefficient (Wildman–Crippen LogP) is 3.34. The van der Waals surface area contributed by atoms with Crippen molar-refractivity contribution in [2.24, 2.45) is 5.73 Å². The highest BCUT2D eigenvalue weighted by molar-refractivity contribution is 5.85. The molecule has 0 saturated heterocycles. The molecule has 1 aliphatic heterocycles. The van der Waals surface area contributed by atoms with Gasteiger partial charge in [-0.05, 0) is 37.3 Å². The molecule has 1 aromatic heterocycles. The summed E-state index contributed by atoms with van der Waals surface area (Å²) in [6.45, 7) is 4.09. The van der Waals surface area contributed by atoms with Crippen LogP contribution in [0.15, 0.2) is 28.8 Å². The van der Waals surface area contributed by atoms with Crippen molar-refractivity contribution in [3.63, 3.8) is 0 Å². The van der Waals surface area contributed by atoms with Gasteiger partial charge in [0.25, 0.3) is 0 Å². The molecule has 1 unspecified atom stereocenters. The highest BCUT2D eigenvalue weighted by Crippen LogP contribution is 2.35. The Labute approximate surface area is 149 Å². The van der Waals surface area contributed by atoms with Crippen molar-refractivity contribution in [2.45, 2.75) is 57.2 Å². The molecule has 24 heavy (non-hydrogen) atoms. The van der Waals surface area contributed by atoms with Crippen molar-refractivity contribution in [1.29, 1.82) is 0 Å². The summed E-state index contributed by atoms with van der Waals surface area (Å²) in [7, 11) is 0. The number of fused-ring (bicyclic) bond motifs is 1. The zero-order chi connectivity index (χ0) is 15.9. The Balaban J connectivity index is 0.00000169. The van der Waals surface area contributed by atoms with E-state index in [0.717, 1.165) is 45.2 Å². The molecule has 1 aromatic carbocycles. The van der Waals surface area contributed by atoms with Gasteiger partial charge in [-0.1, -0.05) is 42.3 Å². The maximum absolute atomic E-state index is 6.44. The molecule has 130 valence electrons. The van der Waals surface area contributed by atoms with E-state index in [1.165, 1.54) is 11.1 Å². The molecule has 0 spiro atoms. The number of aromatic nitrogens is 2. The number of nitrogens with zero attached hydrogens (tertiary/aromatic N) is 3. The maximum atomic E-state index is 6.44. The van der Waals surface area contributed by atoms with E-state index in [9.17, 15) is 0 Å². The van der Waals surface area contributed by atoms with Gasteiger partial charge in [-0.15, -0.1) is 12.4 Å². The number of nitrogens with two attached hydrogens (primary N) is 1. The molecule has 1 aliphatic carbocycles. The Kier molecular flexibility index (Phi) is 4.95. The first kappa shape index (κ1) is 17.4. The summed E-state index contributed by atoms with van der Waals surface area (Å²) in [6.07, 6.45) is 5.29. The molecule has 1 atom stereocenters. The lowest BCUT2D eigenvalue weighted by molar-refractivity contribution is 0.158. The van der Waals surface area contributed by atoms with Gasteiger partial charge in [-0.2, -0.15) is 4.98 Å². The van der Waals surface area contributed by atoms with Crippen LogP contribution in [0.5, 0.6) is 0 Å². The second-order valence-electron chi connectivity index (χ2n) is 6.98. The molecule has 0 amide bonds. The molecule has 1 saturated carbocycles. The fourth-order valence-electron chi connectivity index (χ4n) is 3.84. The minimum atomic E-state index is -0.379. The van der Waals surface area contributed by atoms with Crippen molar-refractivity contribution < 1.29 is 4.52 Å². The first-order valence-electron chi connectivity index (χ1n) is 8.59. The summed E-state index contributed by atoms with van der Waals surface area (Å²) in [4.78, 5) is 7.05. The molecular formula is C18H25ClN4O. The van der Waals surface area contributed by atoms with Gasteiger partial charge in [-0.3, -0.25) is 4.90 Å². The predicted molar refractivity (Wildman–Crippen MR) is 94.9 cm³/mol. The van der Waals surface area contributed by atoms with Gasteiger partial charge in [-0.25, -0.2) is 0 Å². The third kappa shape index (κ3) is 3.08. The molecule has 0 radical (unpaired) electrons. The van der Waals surface area contributed by atoms with Crippen molar-refractivity contribution in [3.8, 4) is 0 Å². The number of benzene rings is 1. The number of halogens is 1. The van der Waals surface area contributed by atoms with E-state index >= 15 is 0 Å². The molecule has 2 aliphatic rings. The monoisotopic (exact) mass is 348 g/mol. The van der Waals surface area contributed by atoms with Crippen LogP contribution in [0.3, 0.4) is 0 Å². The Morgan fingerprint density at radius 2 is 1.92 bits per heavy atom. The smallest absolute Gasteiger partial charge is 0.243 e. The van der Waals surface area contributed by atoms with E-state index in [4.69, 9.17) is 10.3 Å². The largest absolute Gasteiger partial charge is 0.338 e. The topological polar surface area (TPSA) is 68.2 Å². The second-order valence-corrected chi connectivity index (χ2v) is 6.98. The van der Waals surface area contributed by atoms with Crippen LogP contribution < -0.4 is 5.73 Å². The average Bonchev–Trinajstić information content (AvgIpc) is 3.24. The summed E-state index contributed by atoms with van der Waals surface area (Å²) < 4.78 is 5.56. The highest BCUT2D eigenvalue weighted by Gasteiger charge is 2.37. The lowest BCUT2D eigenvalue weighted by Gasteiger charge is -2.31. The molecule has 0 bridgehead atoms. The Morgan fingerprint density at radius 1 is 1.21 bits per heavy atom. The van der Waals surface area contributed by atoms with Crippen LogP contribution in [-0.2, 0) is 18.5 Å². The van der Waals surface area contributed by atoms with Gasteiger partial charge in [0.2, 0.25) is 5.89 Å². The van der Waals surface area contributed by atoms with Gasteiger partial charge in [0.1, 0.15) is 0 Å². The Bertz CT molecular complexity index is 696. The van der Waals surface area contributed by atoms with Crippen LogP contribution in [-0.4, -0.2) is 21.6 Å². The molecule has 2 aromatic rings. The van der Waals surface area contributed by atoms with Crippen LogP contribution in [0.25, 0.3) is 0 Å². The van der Waals surface area contributed by atoms with E-state index in [0.29, 0.717) is 11.7 Å². The SMILES string of the molecule is CC(c1nc(C2(N)CCCC2)no1)N1CCc2ccccc2C1.Cl. The first-order chi connectivity index (χ1) is 11.2. The van der Waals surface area contributed by atoms with Crippen molar-refractivity contribution >= 4 is 12.4 Å². The number of hydrogen-bond acceptors (Lipinski definition) is 5. The first-order valence-corrected chi connectivity index (χ1v) is 8.59. The summed E-state index contributed by atoms with van der Waals surface area (Å²) >= 11 is 0. The van der Waals surface area contributed by atoms with E-state index in [2.05, 4.69) is 46.2 Å². The lowest BCUT2D eigenvalue weighted by Crippen LogP contribution is -2.35. The fraction of sp³-hybridized carbons (Fsp3) is 0.556. The van der Waals surface area contributed by atoms with Crippen molar-refractivity contribution in [1.82, 2.24) is 15.0 Å². The fourth-order valence-corrected chi connectivity index (χ4v) is 3.84. The molecule has 1 fully saturated rings. The van der Waals surface area contributed by atoms with Crippen LogP contribution in [0.2, 0.25) is 0 Å². The normalized spacial score (nSPS) is 21.1. The molecule has 2 N–H and O–H groups in total. The van der Waals surface area contributed by atoms with Gasteiger partial charge in [0, 0.05) is 13.1 Å². The summed E-state index contributed by atoms with van der Waals surface area (Å²) in [6, 6.07) is 8.77. The van der Waals surface area contributed by atoms with Crippen LogP contribution in [0.1, 0.15) is 61.5 Å². The third-order valence-electron chi connectivity index (χ3n) is 5.45. The van der Waals surface area contributed by atoms with Gasteiger partial charge in [0.15, 0.2) is 5.82 Å². The lowest BCUT2D eigenvalue weighted by atomic mass is 9.98. The van der Waals surface area contributed by atoms with Crippen LogP contribution >= 0.6 is 12.4 Å². The standard InChI is InChI=1S/C18H24N4O.ClH/c1-13(22-11-8-14-6-2-3-7-15(14)12-22)16-20-17(21-23-16)18(19)9-4-5-10-18;/h2-3,6-7,13H,4-5,8-12,19H2,1H3;1H. The Hall–Kier alpha value is -1.43. The molecule has 6 heteroatoms. The summed E-state index contributed by atoms with van der Waals surface area (Å²) in [5.74, 6) is 1.38. The zero-order valence-electron chi connectivity index (χ0n) is 14.1. The number of rotatable bonds is 3. The quantitative estimate of drug-likeness (QED) is 0.921. The molecule has 2 heterocycles. The minimum Gasteiger partial charge on any atom is -0.338 e. The van der Waals surface area contributed by atoms with Crippen molar-refractivity contribution in [3.05, 3.63) is 47.1 Å². The van der Waals surface area contributed by atoms with Crippen LogP contribution in [0, 0.1) is 0 Å². The third-order valence-corrected chi connectivity index (χ3v) is 5.45. The van der Waals surface area contributed by atoms with E-state index in [-0.39, 0.29) is 24.0 Å². The minimum absolute atomic E-state index is 0. The van der Waals surface area contributed by atoms with Gasteiger partial charge in [0.05, 0.1) is 11.6 Å². The Morgan fingerprint density at radius 3 is 2.67 bits per heavy atom. The van der Waals surface area contributed by atoms with Gasteiger partial charge >= 0.3 is 0 Å². The molecule has 5 nitrogen and oxygen atoms in total. The van der Waals surface area contributed by atoms with Crippen molar-refractivity contribution in [2.75, 3.05) is 6.54 Å². The van der Waals surface area contributed by atoms with E-state index in [1.54, 1.807) is 0 Å². The van der Waals surface area contributed by atoms with E-state index < -0.39 is 0 Å². The van der Waals surface area contributed by atoms with E-state index in [1.807, 2.05) is 0 Å². The van der Waals surface area contributed by atoms with Gasteiger partial charge < -0.3 is 10.3 Å². The maximum Gasteiger partial charge on any atom is 0.243 e. The zero-order valence-corrected chi connectivity index (χ0v) is 14.9. The highest BCUT2D eigenvalue weighted by atomic mass is 35.5. The molecular weight excluding hydrogens is 324 g/mol. The second kappa shape index (κ2) is 6.82. The number of hydrogen-bond donors (Lipinski definition) is 1.